The van der Waals surface area contributed by atoms with Crippen LogP contribution in [0.1, 0.15) is 26.5 Å². The lowest BCUT2D eigenvalue weighted by Crippen LogP contribution is -2.19. The maximum Gasteiger partial charge on any atom is 0.357 e. The highest BCUT2D eigenvalue weighted by Crippen LogP contribution is 2.28. The summed E-state index contributed by atoms with van der Waals surface area (Å²) in [5, 5.41) is 0.132. The molecule has 0 aliphatic rings. The van der Waals surface area contributed by atoms with Crippen molar-refractivity contribution in [1.82, 2.24) is 0 Å². The largest absolute Gasteiger partial charge is 0.426 e. The standard InChI is InChI=1S/C11H16ClNO2/c1-11(2,3)8-6-7(13(4)5)9(12)10(14)15-8/h6H,1-5H3. The van der Waals surface area contributed by atoms with Gasteiger partial charge in [-0.2, -0.15) is 0 Å². The van der Waals surface area contributed by atoms with Crippen molar-refractivity contribution >= 4 is 17.3 Å². The van der Waals surface area contributed by atoms with E-state index < -0.39 is 5.63 Å². The number of hydrogen-bond acceptors (Lipinski definition) is 3. The Morgan fingerprint density at radius 2 is 1.87 bits per heavy atom. The van der Waals surface area contributed by atoms with Crippen LogP contribution < -0.4 is 10.5 Å². The highest BCUT2D eigenvalue weighted by Gasteiger charge is 2.21. The van der Waals surface area contributed by atoms with Crippen LogP contribution in [0.4, 0.5) is 5.69 Å². The molecule has 3 nitrogen and oxygen atoms in total. The van der Waals surface area contributed by atoms with Gasteiger partial charge >= 0.3 is 5.63 Å². The lowest BCUT2D eigenvalue weighted by molar-refractivity contribution is 0.377. The molecule has 0 fully saturated rings. The molecule has 1 rings (SSSR count). The number of nitrogens with zero attached hydrogens (tertiary/aromatic N) is 1. The number of rotatable bonds is 1. The minimum Gasteiger partial charge on any atom is -0.426 e. The molecular weight excluding hydrogens is 214 g/mol. The van der Waals surface area contributed by atoms with Crippen LogP contribution in [0.5, 0.6) is 0 Å². The fraction of sp³-hybridized carbons (Fsp3) is 0.545. The predicted molar refractivity (Wildman–Crippen MR) is 63.0 cm³/mol. The number of anilines is 1. The van der Waals surface area contributed by atoms with Gasteiger partial charge in [0.25, 0.3) is 0 Å². The third-order valence-electron chi connectivity index (χ3n) is 2.10. The average Bonchev–Trinajstić information content (AvgIpc) is 2.06. The van der Waals surface area contributed by atoms with Gasteiger partial charge in [0, 0.05) is 25.6 Å². The van der Waals surface area contributed by atoms with Crippen LogP contribution in [0.25, 0.3) is 0 Å². The molecule has 4 heteroatoms. The van der Waals surface area contributed by atoms with Gasteiger partial charge in [0.2, 0.25) is 0 Å². The summed E-state index contributed by atoms with van der Waals surface area (Å²) in [6.07, 6.45) is 0. The summed E-state index contributed by atoms with van der Waals surface area (Å²) in [6, 6.07) is 1.81. The zero-order valence-corrected chi connectivity index (χ0v) is 10.5. The first-order valence-electron chi connectivity index (χ1n) is 4.75. The average molecular weight is 230 g/mol. The van der Waals surface area contributed by atoms with Gasteiger partial charge in [-0.05, 0) is 0 Å². The second-order valence-corrected chi connectivity index (χ2v) is 5.12. The van der Waals surface area contributed by atoms with Crippen molar-refractivity contribution in [1.29, 1.82) is 0 Å². The molecule has 1 heterocycles. The summed E-state index contributed by atoms with van der Waals surface area (Å²) in [6.45, 7) is 5.95. The van der Waals surface area contributed by atoms with Crippen LogP contribution in [0.3, 0.4) is 0 Å². The molecule has 1 aromatic rings. The topological polar surface area (TPSA) is 33.5 Å². The summed E-state index contributed by atoms with van der Waals surface area (Å²) in [5.41, 5.74) is 0.0137. The first kappa shape index (κ1) is 12.1. The molecule has 0 aliphatic heterocycles. The molecule has 0 aromatic carbocycles. The smallest absolute Gasteiger partial charge is 0.357 e. The first-order chi connectivity index (χ1) is 6.73. The highest BCUT2D eigenvalue weighted by atomic mass is 35.5. The molecule has 0 radical (unpaired) electrons. The van der Waals surface area contributed by atoms with Gasteiger partial charge in [-0.25, -0.2) is 4.79 Å². The fourth-order valence-corrected chi connectivity index (χ4v) is 1.42. The van der Waals surface area contributed by atoms with Gasteiger partial charge in [-0.15, -0.1) is 0 Å². The van der Waals surface area contributed by atoms with Crippen LogP contribution in [-0.4, -0.2) is 14.1 Å². The van der Waals surface area contributed by atoms with Crippen LogP contribution in [-0.2, 0) is 5.41 Å². The van der Waals surface area contributed by atoms with Crippen molar-refractivity contribution < 1.29 is 4.42 Å². The lowest BCUT2D eigenvalue weighted by Gasteiger charge is -2.20. The maximum absolute atomic E-state index is 11.5. The van der Waals surface area contributed by atoms with Crippen LogP contribution >= 0.6 is 11.6 Å². The summed E-state index contributed by atoms with van der Waals surface area (Å²) >= 11 is 5.86. The third-order valence-corrected chi connectivity index (χ3v) is 2.44. The van der Waals surface area contributed by atoms with Gasteiger partial charge in [-0.1, -0.05) is 32.4 Å². The first-order valence-corrected chi connectivity index (χ1v) is 5.12. The highest BCUT2D eigenvalue weighted by molar-refractivity contribution is 6.32. The molecule has 15 heavy (non-hydrogen) atoms. The van der Waals surface area contributed by atoms with E-state index in [1.54, 1.807) is 4.90 Å². The van der Waals surface area contributed by atoms with Gasteiger partial charge in [0.05, 0.1) is 5.69 Å². The van der Waals surface area contributed by atoms with Gasteiger partial charge in [0.1, 0.15) is 10.8 Å². The van der Waals surface area contributed by atoms with Gasteiger partial charge < -0.3 is 9.32 Å². The number of halogens is 1. The molecule has 0 spiro atoms. The van der Waals surface area contributed by atoms with E-state index in [-0.39, 0.29) is 10.4 Å². The van der Waals surface area contributed by atoms with E-state index in [0.29, 0.717) is 11.4 Å². The quantitative estimate of drug-likeness (QED) is 0.743. The third kappa shape index (κ3) is 2.53. The zero-order chi connectivity index (χ0) is 11.8. The molecule has 84 valence electrons. The van der Waals surface area contributed by atoms with Crippen molar-refractivity contribution in [3.63, 3.8) is 0 Å². The Morgan fingerprint density at radius 3 is 2.27 bits per heavy atom. The molecule has 0 atom stereocenters. The number of hydrogen-bond donors (Lipinski definition) is 0. The summed E-state index contributed by atoms with van der Waals surface area (Å²) in [7, 11) is 3.68. The van der Waals surface area contributed by atoms with E-state index in [9.17, 15) is 4.79 Å². The van der Waals surface area contributed by atoms with Crippen molar-refractivity contribution in [3.05, 3.63) is 27.3 Å². The molecule has 0 saturated heterocycles. The molecule has 0 saturated carbocycles. The molecule has 0 N–H and O–H groups in total. The molecular formula is C11H16ClNO2. The normalized spacial score (nSPS) is 11.6. The predicted octanol–water partition coefficient (Wildman–Crippen LogP) is 2.66. The van der Waals surface area contributed by atoms with Crippen molar-refractivity contribution in [2.24, 2.45) is 0 Å². The molecule has 0 amide bonds. The molecule has 0 aliphatic carbocycles. The van der Waals surface area contributed by atoms with Crippen LogP contribution in [0.15, 0.2) is 15.3 Å². The Labute approximate surface area is 94.7 Å². The van der Waals surface area contributed by atoms with Crippen LogP contribution in [0.2, 0.25) is 5.02 Å². The van der Waals surface area contributed by atoms with E-state index >= 15 is 0 Å². The zero-order valence-electron chi connectivity index (χ0n) is 9.72. The van der Waals surface area contributed by atoms with Crippen LogP contribution in [0, 0.1) is 0 Å². The Hall–Kier alpha value is -0.960. The Kier molecular flexibility index (Phi) is 3.14. The van der Waals surface area contributed by atoms with Crippen molar-refractivity contribution in [2.75, 3.05) is 19.0 Å². The van der Waals surface area contributed by atoms with E-state index in [1.165, 1.54) is 0 Å². The molecule has 0 unspecified atom stereocenters. The minimum atomic E-state index is -0.479. The van der Waals surface area contributed by atoms with Gasteiger partial charge in [0.15, 0.2) is 0 Å². The lowest BCUT2D eigenvalue weighted by atomic mass is 9.93. The fourth-order valence-electron chi connectivity index (χ4n) is 1.16. The summed E-state index contributed by atoms with van der Waals surface area (Å²) in [4.78, 5) is 13.3. The van der Waals surface area contributed by atoms with E-state index in [0.717, 1.165) is 0 Å². The minimum absolute atomic E-state index is 0.132. The van der Waals surface area contributed by atoms with E-state index in [1.807, 2.05) is 40.9 Å². The van der Waals surface area contributed by atoms with E-state index in [4.69, 9.17) is 16.0 Å². The molecule has 0 bridgehead atoms. The second-order valence-electron chi connectivity index (χ2n) is 4.74. The Morgan fingerprint density at radius 1 is 1.33 bits per heavy atom. The summed E-state index contributed by atoms with van der Waals surface area (Å²) < 4.78 is 5.15. The molecule has 1 aromatic heterocycles. The maximum atomic E-state index is 11.5. The van der Waals surface area contributed by atoms with Crippen molar-refractivity contribution in [3.8, 4) is 0 Å². The Balaban J connectivity index is 3.43. The van der Waals surface area contributed by atoms with Gasteiger partial charge in [-0.3, -0.25) is 0 Å². The van der Waals surface area contributed by atoms with E-state index in [2.05, 4.69) is 0 Å². The Bertz CT molecular complexity index is 416. The second kappa shape index (κ2) is 3.89. The van der Waals surface area contributed by atoms with Crippen molar-refractivity contribution in [2.45, 2.75) is 26.2 Å². The SMILES string of the molecule is CN(C)c1cc(C(C)(C)C)oc(=O)c1Cl. The summed E-state index contributed by atoms with van der Waals surface area (Å²) in [5.74, 6) is 0.639. The monoisotopic (exact) mass is 229 g/mol.